The molecule has 0 N–H and O–H groups in total. The molecule has 0 radical (unpaired) electrons. The summed E-state index contributed by atoms with van der Waals surface area (Å²) in [6.45, 7) is 18.4. The normalized spacial score (nSPS) is 10.2. The molecule has 0 aliphatic rings. The second-order valence-corrected chi connectivity index (χ2v) is 9.06. The summed E-state index contributed by atoms with van der Waals surface area (Å²) in [4.78, 5) is 3.80. The average molecular weight is 261 g/mol. The van der Waals surface area contributed by atoms with Crippen LogP contribution in [-0.2, 0) is 17.3 Å². The van der Waals surface area contributed by atoms with E-state index >= 15 is 0 Å². The third-order valence-corrected chi connectivity index (χ3v) is 8.00. The van der Waals surface area contributed by atoms with E-state index in [-0.39, 0.29) is 0 Å². The van der Waals surface area contributed by atoms with Crippen LogP contribution in [0.25, 0.3) is 0 Å². The molecule has 0 spiro atoms. The molecule has 0 heterocycles. The van der Waals surface area contributed by atoms with Crippen LogP contribution < -0.4 is 0 Å². The molecule has 13 heavy (non-hydrogen) atoms. The molecule has 0 aliphatic carbocycles. The Labute approximate surface area is 89.0 Å². The van der Waals surface area contributed by atoms with Gasteiger partial charge in [-0.25, -0.2) is 0 Å². The Hall–Kier alpha value is -0.0917. The third-order valence-electron chi connectivity index (χ3n) is 1.35. The van der Waals surface area contributed by atoms with E-state index in [1.807, 2.05) is 0 Å². The van der Waals surface area contributed by atoms with Gasteiger partial charge in [0, 0.05) is 0 Å². The summed E-state index contributed by atoms with van der Waals surface area (Å²) in [5.41, 5.74) is 4.00. The summed E-state index contributed by atoms with van der Waals surface area (Å²) in [5.74, 6) is 0. The van der Waals surface area contributed by atoms with Gasteiger partial charge in [0.2, 0.25) is 0 Å². The Bertz CT molecular complexity index is 175. The van der Waals surface area contributed by atoms with Crippen LogP contribution in [-0.4, -0.2) is 0 Å². The van der Waals surface area contributed by atoms with Crippen molar-refractivity contribution in [2.75, 3.05) is 0 Å². The van der Waals surface area contributed by atoms with Gasteiger partial charge in [-0.2, -0.15) is 0 Å². The van der Waals surface area contributed by atoms with Crippen LogP contribution >= 0.6 is 0 Å². The van der Waals surface area contributed by atoms with Crippen molar-refractivity contribution in [2.24, 2.45) is 0 Å². The molecule has 0 saturated heterocycles. The fraction of sp³-hybridized carbons (Fsp3) is 0.500. The van der Waals surface area contributed by atoms with Gasteiger partial charge in [0.1, 0.15) is 0 Å². The molecule has 0 rings (SSSR count). The molecule has 0 aliphatic heterocycles. The molecule has 0 atom stereocenters. The van der Waals surface area contributed by atoms with Crippen molar-refractivity contribution in [3.63, 3.8) is 0 Å². The van der Waals surface area contributed by atoms with Gasteiger partial charge in [0.05, 0.1) is 0 Å². The zero-order chi connectivity index (χ0) is 10.4. The summed E-state index contributed by atoms with van der Waals surface area (Å²) >= 11 is -1.01. The standard InChI is InChI=1S/3C4H7.Mo/c3*1-4(2)3;/h3*1-2H2,3H3;. The Morgan fingerprint density at radius 1 is 0.769 bits per heavy atom. The quantitative estimate of drug-likeness (QED) is 0.484. The van der Waals surface area contributed by atoms with Crippen molar-refractivity contribution in [1.29, 1.82) is 0 Å². The van der Waals surface area contributed by atoms with Crippen molar-refractivity contribution in [2.45, 2.75) is 35.2 Å². The van der Waals surface area contributed by atoms with E-state index in [0.29, 0.717) is 0 Å². The van der Waals surface area contributed by atoms with E-state index in [9.17, 15) is 0 Å². The topological polar surface area (TPSA) is 0 Å². The Morgan fingerprint density at radius 2 is 1.00 bits per heavy atom. The number of rotatable bonds is 6. The van der Waals surface area contributed by atoms with E-state index in [0.717, 1.165) is 0 Å². The van der Waals surface area contributed by atoms with Crippen LogP contribution in [0.2, 0.25) is 14.4 Å². The molecule has 0 aromatic carbocycles. The molecule has 0 nitrogen and oxygen atoms in total. The first-order chi connectivity index (χ1) is 5.91. The summed E-state index contributed by atoms with van der Waals surface area (Å²) in [6.07, 6.45) is 0. The van der Waals surface area contributed by atoms with E-state index in [1.165, 1.54) is 31.2 Å². The van der Waals surface area contributed by atoms with Crippen molar-refractivity contribution in [1.82, 2.24) is 0 Å². The van der Waals surface area contributed by atoms with Crippen LogP contribution in [0.3, 0.4) is 0 Å². The van der Waals surface area contributed by atoms with Crippen LogP contribution in [0.15, 0.2) is 36.5 Å². The van der Waals surface area contributed by atoms with E-state index < -0.39 is 17.3 Å². The second-order valence-electron chi connectivity index (χ2n) is 3.92. The maximum absolute atomic E-state index is 3.99. The van der Waals surface area contributed by atoms with Gasteiger partial charge in [-0.1, -0.05) is 0 Å². The Morgan fingerprint density at radius 3 is 1.15 bits per heavy atom. The summed E-state index contributed by atoms with van der Waals surface area (Å²) in [7, 11) is 0. The summed E-state index contributed by atoms with van der Waals surface area (Å²) in [6, 6.07) is 0. The van der Waals surface area contributed by atoms with Crippen LogP contribution in [0, 0.1) is 0 Å². The van der Waals surface area contributed by atoms with E-state index in [4.69, 9.17) is 0 Å². The van der Waals surface area contributed by atoms with Crippen molar-refractivity contribution in [3.05, 3.63) is 36.5 Å². The van der Waals surface area contributed by atoms with Gasteiger partial charge >= 0.3 is 89.0 Å². The third kappa shape index (κ3) is 8.24. The van der Waals surface area contributed by atoms with E-state index in [1.54, 1.807) is 0 Å². The fourth-order valence-electron chi connectivity index (χ4n) is 1.20. The average Bonchev–Trinajstić information content (AvgIpc) is 1.80. The van der Waals surface area contributed by atoms with Crippen LogP contribution in [0.1, 0.15) is 20.8 Å². The molecule has 0 fully saturated rings. The van der Waals surface area contributed by atoms with Gasteiger partial charge < -0.3 is 0 Å². The van der Waals surface area contributed by atoms with Gasteiger partial charge in [-0.15, -0.1) is 0 Å². The van der Waals surface area contributed by atoms with Gasteiger partial charge in [-0.3, -0.25) is 0 Å². The second kappa shape index (κ2) is 6.38. The molecule has 1 heteroatoms. The van der Waals surface area contributed by atoms with Gasteiger partial charge in [0.25, 0.3) is 0 Å². The zero-order valence-corrected chi connectivity index (χ0v) is 11.2. The minimum atomic E-state index is -1.01. The maximum atomic E-state index is 3.99. The number of hydrogen-bond acceptors (Lipinski definition) is 0. The molecule has 0 unspecified atom stereocenters. The van der Waals surface area contributed by atoms with Crippen molar-refractivity contribution in [3.8, 4) is 0 Å². The van der Waals surface area contributed by atoms with Crippen LogP contribution in [0.5, 0.6) is 0 Å². The first kappa shape index (κ1) is 12.9. The van der Waals surface area contributed by atoms with Gasteiger partial charge in [-0.05, 0) is 0 Å². The van der Waals surface area contributed by atoms with Crippen molar-refractivity contribution >= 4 is 0 Å². The van der Waals surface area contributed by atoms with Crippen molar-refractivity contribution < 1.29 is 17.3 Å². The fourth-order valence-corrected chi connectivity index (χ4v) is 7.09. The first-order valence-electron chi connectivity index (χ1n) is 4.49. The molecule has 75 valence electrons. The first-order valence-corrected chi connectivity index (χ1v) is 8.74. The molecular weight excluding hydrogens is 240 g/mol. The summed E-state index contributed by atoms with van der Waals surface area (Å²) < 4.78 is 0. The summed E-state index contributed by atoms with van der Waals surface area (Å²) in [5, 5.41) is 0. The van der Waals surface area contributed by atoms with E-state index in [2.05, 4.69) is 40.5 Å². The minimum absolute atomic E-state index is 1.01. The van der Waals surface area contributed by atoms with Crippen LogP contribution in [0.4, 0.5) is 0 Å². The molecule has 0 aromatic rings. The molecule has 0 saturated carbocycles. The monoisotopic (exact) mass is 263 g/mol. The molecular formula is C12H21Mo. The number of hydrogen-bond donors (Lipinski definition) is 0. The predicted molar refractivity (Wildman–Crippen MR) is 58.9 cm³/mol. The molecule has 0 bridgehead atoms. The predicted octanol–water partition coefficient (Wildman–Crippen LogP) is 4.59. The Balaban J connectivity index is 4.10. The van der Waals surface area contributed by atoms with Gasteiger partial charge in [0.15, 0.2) is 0 Å². The Kier molecular flexibility index (Phi) is 6.33. The molecule has 0 amide bonds. The SMILES string of the molecule is C=C(C)[CH2][Mo]([CH2]C(=C)C)[CH2]C(=C)C. The molecule has 0 aromatic heterocycles. The zero-order valence-electron chi connectivity index (χ0n) is 9.15. The number of allylic oxidation sites excluding steroid dienone is 3.